The maximum atomic E-state index is 15.3. The second kappa shape index (κ2) is 11.2. The zero-order chi connectivity index (χ0) is 22.3. The number of piperidine rings is 1. The van der Waals surface area contributed by atoms with Crippen LogP contribution in [0.3, 0.4) is 0 Å². The number of furan rings is 1. The number of fused-ring (bicyclic) bond motifs is 1. The number of ether oxygens (including phenoxy) is 1. The zero-order valence-electron chi connectivity index (χ0n) is 18.5. The lowest BCUT2D eigenvalue weighted by atomic mass is 9.81. The second-order valence-corrected chi connectivity index (χ2v) is 9.50. The number of hydrogen-bond donors (Lipinski definition) is 1. The van der Waals surface area contributed by atoms with Crippen molar-refractivity contribution in [1.29, 1.82) is 0 Å². The van der Waals surface area contributed by atoms with Crippen LogP contribution in [0.2, 0.25) is 0 Å². The quantitative estimate of drug-likeness (QED) is 0.413. The van der Waals surface area contributed by atoms with Gasteiger partial charge >= 0.3 is 0 Å². The fourth-order valence-corrected chi connectivity index (χ4v) is 5.48. The molecule has 4 rings (SSSR count). The van der Waals surface area contributed by atoms with Gasteiger partial charge in [-0.15, -0.1) is 0 Å². The predicted molar refractivity (Wildman–Crippen MR) is 126 cm³/mol. The molecule has 7 heteroatoms. The molecule has 1 fully saturated rings. The number of aliphatic hydroxyl groups is 1. The van der Waals surface area contributed by atoms with E-state index in [1.54, 1.807) is 37.4 Å². The summed E-state index contributed by atoms with van der Waals surface area (Å²) >= 11 is 1.71. The molecule has 0 spiro atoms. The van der Waals surface area contributed by atoms with Gasteiger partial charge in [0.15, 0.2) is 5.09 Å². The highest BCUT2D eigenvalue weighted by atomic mass is 32.2. The first-order valence-corrected chi connectivity index (χ1v) is 12.2. The molecule has 1 aromatic carbocycles. The number of likely N-dealkylation sites (tertiary alicyclic amines) is 1. The average molecular weight is 459 g/mol. The molecule has 0 radical (unpaired) electrons. The molecular weight excluding hydrogens is 427 g/mol. The number of thioether (sulfide) groups is 1. The molecule has 3 heterocycles. The van der Waals surface area contributed by atoms with Gasteiger partial charge in [-0.25, -0.2) is 4.39 Å². The normalized spacial score (nSPS) is 20.5. The summed E-state index contributed by atoms with van der Waals surface area (Å²) in [4.78, 5) is 6.76. The number of alkyl halides is 1. The van der Waals surface area contributed by atoms with E-state index in [0.29, 0.717) is 23.7 Å². The molecule has 0 bridgehead atoms. The van der Waals surface area contributed by atoms with E-state index in [1.807, 2.05) is 30.3 Å². The van der Waals surface area contributed by atoms with Gasteiger partial charge in [0, 0.05) is 37.0 Å². The first-order valence-electron chi connectivity index (χ1n) is 11.2. The van der Waals surface area contributed by atoms with Crippen molar-refractivity contribution in [1.82, 2.24) is 9.88 Å². The summed E-state index contributed by atoms with van der Waals surface area (Å²) in [5, 5.41) is 11.7. The predicted octanol–water partition coefficient (Wildman–Crippen LogP) is 5.35. The van der Waals surface area contributed by atoms with Crippen molar-refractivity contribution in [2.45, 2.75) is 30.5 Å². The molecule has 0 unspecified atom stereocenters. The van der Waals surface area contributed by atoms with Crippen LogP contribution >= 0.6 is 11.8 Å². The minimum Gasteiger partial charge on any atom is -0.497 e. The van der Waals surface area contributed by atoms with Crippen molar-refractivity contribution in [2.24, 2.45) is 11.8 Å². The van der Waals surface area contributed by atoms with Gasteiger partial charge in [0.2, 0.25) is 0 Å². The van der Waals surface area contributed by atoms with E-state index < -0.39 is 6.17 Å². The Labute approximate surface area is 193 Å². The van der Waals surface area contributed by atoms with Crippen LogP contribution in [0.5, 0.6) is 5.75 Å². The maximum absolute atomic E-state index is 15.3. The molecule has 5 nitrogen and oxygen atoms in total. The third-order valence-corrected chi connectivity index (χ3v) is 7.37. The van der Waals surface area contributed by atoms with Crippen LogP contribution in [0.15, 0.2) is 58.4 Å². The minimum absolute atomic E-state index is 0.152. The van der Waals surface area contributed by atoms with E-state index in [-0.39, 0.29) is 12.5 Å². The summed E-state index contributed by atoms with van der Waals surface area (Å²) in [6.07, 6.45) is 4.52. The molecule has 0 amide bonds. The van der Waals surface area contributed by atoms with Crippen LogP contribution in [-0.2, 0) is 0 Å². The van der Waals surface area contributed by atoms with Crippen LogP contribution < -0.4 is 4.74 Å². The molecule has 172 valence electrons. The number of methoxy groups -OCH3 is 1. The lowest BCUT2D eigenvalue weighted by Gasteiger charge is -2.38. The lowest BCUT2D eigenvalue weighted by molar-refractivity contribution is 0.0672. The number of nitrogens with zero attached hydrogens (tertiary/aromatic N) is 2. The molecule has 1 aliphatic rings. The number of hydrogen-bond acceptors (Lipinski definition) is 6. The third kappa shape index (κ3) is 5.63. The topological polar surface area (TPSA) is 58.7 Å². The summed E-state index contributed by atoms with van der Waals surface area (Å²) in [5.41, 5.74) is 1.45. The van der Waals surface area contributed by atoms with Crippen molar-refractivity contribution in [3.05, 3.63) is 54.4 Å². The van der Waals surface area contributed by atoms with Crippen molar-refractivity contribution >= 4 is 22.7 Å². The molecule has 2 aromatic heterocycles. The molecule has 3 atom stereocenters. The van der Waals surface area contributed by atoms with Gasteiger partial charge in [-0.3, -0.25) is 4.98 Å². The average Bonchev–Trinajstić information content (AvgIpc) is 3.35. The third-order valence-electron chi connectivity index (χ3n) is 6.47. The maximum Gasteiger partial charge on any atom is 0.160 e. The Hall–Kier alpha value is -2.09. The van der Waals surface area contributed by atoms with E-state index in [1.165, 1.54) is 0 Å². The van der Waals surface area contributed by atoms with E-state index in [2.05, 4.69) is 9.88 Å². The van der Waals surface area contributed by atoms with Gasteiger partial charge in [0.1, 0.15) is 11.9 Å². The fourth-order valence-electron chi connectivity index (χ4n) is 4.63. The Bertz CT molecular complexity index is 984. The van der Waals surface area contributed by atoms with E-state index in [9.17, 15) is 5.11 Å². The van der Waals surface area contributed by atoms with Gasteiger partial charge in [-0.1, -0.05) is 11.8 Å². The Morgan fingerprint density at radius 1 is 1.31 bits per heavy atom. The first kappa shape index (κ1) is 23.1. The number of aliphatic hydroxyl groups excluding tert-OH is 1. The van der Waals surface area contributed by atoms with E-state index in [4.69, 9.17) is 9.15 Å². The van der Waals surface area contributed by atoms with Gasteiger partial charge in [0.25, 0.3) is 0 Å². The molecular formula is C25H31FN2O3S. The van der Waals surface area contributed by atoms with E-state index >= 15 is 4.39 Å². The van der Waals surface area contributed by atoms with Gasteiger partial charge in [-0.2, -0.15) is 0 Å². The summed E-state index contributed by atoms with van der Waals surface area (Å²) in [6.45, 7) is 2.97. The van der Waals surface area contributed by atoms with Crippen molar-refractivity contribution in [2.75, 3.05) is 39.1 Å². The standard InChI is InChI=1S/C25H31FN2O3S/c1-30-20-5-7-24-22(15-20)21(8-10-27-24)23(26)6-4-18-9-11-28(16-19(18)17-29)12-14-32-25-3-2-13-31-25/h2-3,5,7-8,10,13,15,18-19,23,29H,4,6,9,11-12,14,16-17H2,1H3/t18-,19-,23-/m1/s1. The monoisotopic (exact) mass is 458 g/mol. The molecule has 1 aliphatic heterocycles. The minimum atomic E-state index is -1.06. The highest BCUT2D eigenvalue weighted by molar-refractivity contribution is 7.99. The molecule has 0 aliphatic carbocycles. The number of benzene rings is 1. The highest BCUT2D eigenvalue weighted by Gasteiger charge is 2.29. The van der Waals surface area contributed by atoms with Gasteiger partial charge in [-0.05, 0) is 79.6 Å². The smallest absolute Gasteiger partial charge is 0.160 e. The van der Waals surface area contributed by atoms with E-state index in [0.717, 1.165) is 54.2 Å². The van der Waals surface area contributed by atoms with Crippen LogP contribution in [0.1, 0.15) is 31.0 Å². The van der Waals surface area contributed by atoms with Crippen LogP contribution in [0.4, 0.5) is 4.39 Å². The Balaban J connectivity index is 1.31. The second-order valence-electron chi connectivity index (χ2n) is 8.40. The molecule has 1 saturated heterocycles. The van der Waals surface area contributed by atoms with Gasteiger partial charge in [0.05, 0.1) is 18.9 Å². The largest absolute Gasteiger partial charge is 0.497 e. The molecule has 1 N–H and O–H groups in total. The molecule has 3 aromatic rings. The summed E-state index contributed by atoms with van der Waals surface area (Å²) in [7, 11) is 1.61. The number of pyridine rings is 1. The Morgan fingerprint density at radius 3 is 3.00 bits per heavy atom. The summed E-state index contributed by atoms with van der Waals surface area (Å²) in [6, 6.07) is 11.2. The van der Waals surface area contributed by atoms with Crippen molar-refractivity contribution in [3.8, 4) is 5.75 Å². The Kier molecular flexibility index (Phi) is 8.05. The van der Waals surface area contributed by atoms with Crippen LogP contribution in [0.25, 0.3) is 10.9 Å². The van der Waals surface area contributed by atoms with Crippen LogP contribution in [-0.4, -0.2) is 54.1 Å². The zero-order valence-corrected chi connectivity index (χ0v) is 19.3. The number of rotatable bonds is 10. The fraction of sp³-hybridized carbons (Fsp3) is 0.480. The molecule has 0 saturated carbocycles. The molecule has 32 heavy (non-hydrogen) atoms. The van der Waals surface area contributed by atoms with Gasteiger partial charge < -0.3 is 19.2 Å². The highest BCUT2D eigenvalue weighted by Crippen LogP contribution is 2.35. The Morgan fingerprint density at radius 2 is 2.22 bits per heavy atom. The number of aromatic nitrogens is 1. The summed E-state index contributed by atoms with van der Waals surface area (Å²) in [5.74, 6) is 2.20. The SMILES string of the molecule is COc1ccc2nccc([C@H](F)CC[C@@H]3CCN(CCSc4ccco4)C[C@@H]3CO)c2c1. The first-order chi connectivity index (χ1) is 15.7. The number of halogens is 1. The lowest BCUT2D eigenvalue weighted by Crippen LogP contribution is -2.43. The summed E-state index contributed by atoms with van der Waals surface area (Å²) < 4.78 is 26.0. The van der Waals surface area contributed by atoms with Crippen molar-refractivity contribution < 1.29 is 18.7 Å². The van der Waals surface area contributed by atoms with Crippen molar-refractivity contribution in [3.63, 3.8) is 0 Å². The van der Waals surface area contributed by atoms with Crippen LogP contribution in [0, 0.1) is 11.8 Å².